The molecule has 4 aromatic rings. The number of amides is 3. The maximum Gasteiger partial charge on any atom is 0.295 e. The number of H-pyrrole nitrogens is 1. The van der Waals surface area contributed by atoms with Crippen molar-refractivity contribution in [3.05, 3.63) is 66.0 Å². The van der Waals surface area contributed by atoms with Crippen LogP contribution < -0.4 is 10.1 Å². The lowest BCUT2D eigenvalue weighted by molar-refractivity contribution is -0.127. The van der Waals surface area contributed by atoms with Crippen molar-refractivity contribution in [3.63, 3.8) is 0 Å². The summed E-state index contributed by atoms with van der Waals surface area (Å²) in [7, 11) is 1.45. The number of fused-ring (bicyclic) bond motifs is 1. The lowest BCUT2D eigenvalue weighted by Gasteiger charge is -2.34. The number of benzene rings is 1. The topological polar surface area (TPSA) is 155 Å². The van der Waals surface area contributed by atoms with E-state index in [0.717, 1.165) is 0 Å². The van der Waals surface area contributed by atoms with E-state index in [2.05, 4.69) is 25.4 Å². The van der Waals surface area contributed by atoms with Gasteiger partial charge in [-0.25, -0.2) is 14.6 Å². The normalized spacial score (nSPS) is 13.4. The van der Waals surface area contributed by atoms with Crippen LogP contribution >= 0.6 is 0 Å². The molecule has 1 saturated heterocycles. The molecule has 1 aliphatic heterocycles. The summed E-state index contributed by atoms with van der Waals surface area (Å²) in [5.41, 5.74) is 1.15. The first kappa shape index (κ1) is 25.6. The van der Waals surface area contributed by atoms with E-state index in [1.54, 1.807) is 29.2 Å². The Morgan fingerprint density at radius 3 is 2.44 bits per heavy atom. The van der Waals surface area contributed by atoms with Crippen molar-refractivity contribution in [2.75, 3.05) is 33.3 Å². The molecule has 3 amide bonds. The quantitative estimate of drug-likeness (QED) is 0.264. The Kier molecular flexibility index (Phi) is 7.04. The van der Waals surface area contributed by atoms with Crippen LogP contribution in [0.25, 0.3) is 16.7 Å². The summed E-state index contributed by atoms with van der Waals surface area (Å²) in [4.78, 5) is 65.2. The molecule has 0 unspecified atom stereocenters. The van der Waals surface area contributed by atoms with Crippen molar-refractivity contribution in [1.82, 2.24) is 39.8 Å². The molecule has 13 nitrogen and oxygen atoms in total. The van der Waals surface area contributed by atoms with Crippen molar-refractivity contribution >= 4 is 34.4 Å². The van der Waals surface area contributed by atoms with E-state index in [1.807, 2.05) is 6.07 Å². The minimum atomic E-state index is -0.704. The van der Waals surface area contributed by atoms with E-state index in [1.165, 1.54) is 42.3 Å². The van der Waals surface area contributed by atoms with E-state index < -0.39 is 11.7 Å². The summed E-state index contributed by atoms with van der Waals surface area (Å²) >= 11 is 0. The largest absolute Gasteiger partial charge is 0.494 e. The van der Waals surface area contributed by atoms with Gasteiger partial charge in [-0.1, -0.05) is 18.2 Å². The number of ether oxygens (including phenoxy) is 1. The van der Waals surface area contributed by atoms with Gasteiger partial charge in [0.15, 0.2) is 11.6 Å². The number of aromatic amines is 1. The number of methoxy groups -OCH3 is 1. The van der Waals surface area contributed by atoms with Crippen molar-refractivity contribution in [2.24, 2.45) is 0 Å². The molecule has 0 aliphatic carbocycles. The summed E-state index contributed by atoms with van der Waals surface area (Å²) in [6.07, 6.45) is 4.33. The lowest BCUT2D eigenvalue weighted by atomic mass is 10.1. The number of hydrogen-bond acceptors (Lipinski definition) is 8. The first-order valence-corrected chi connectivity index (χ1v) is 12.2. The first-order valence-electron chi connectivity index (χ1n) is 12.2. The number of rotatable bonds is 7. The SMILES string of the molecule is COc1cnc(-n2cnc(CNC(C)=O)n2)c2[nH]cc(C(=O)C(=O)N3CCN(C(=O)c4ccccc4)CC3)c12. The number of nitrogens with zero attached hydrogens (tertiary/aromatic N) is 6. The molecule has 1 aromatic carbocycles. The zero-order valence-corrected chi connectivity index (χ0v) is 21.4. The second kappa shape index (κ2) is 10.7. The number of carbonyl (C=O) groups is 4. The lowest BCUT2D eigenvalue weighted by Crippen LogP contribution is -2.52. The minimum Gasteiger partial charge on any atom is -0.494 e. The molecule has 3 aromatic heterocycles. The van der Waals surface area contributed by atoms with Gasteiger partial charge < -0.3 is 24.8 Å². The fraction of sp³-hybridized carbons (Fsp3) is 0.269. The Hall–Kier alpha value is -5.07. The van der Waals surface area contributed by atoms with E-state index in [9.17, 15) is 19.2 Å². The van der Waals surface area contributed by atoms with Crippen LogP contribution in [0.3, 0.4) is 0 Å². The molecule has 39 heavy (non-hydrogen) atoms. The zero-order chi connectivity index (χ0) is 27.5. The second-order valence-corrected chi connectivity index (χ2v) is 8.90. The predicted octanol–water partition coefficient (Wildman–Crippen LogP) is 0.956. The number of piperazine rings is 1. The molecule has 4 heterocycles. The van der Waals surface area contributed by atoms with Crippen LogP contribution in [0.4, 0.5) is 0 Å². The summed E-state index contributed by atoms with van der Waals surface area (Å²) in [6.45, 7) is 2.68. The fourth-order valence-electron chi connectivity index (χ4n) is 4.43. The third-order valence-corrected chi connectivity index (χ3v) is 6.44. The second-order valence-electron chi connectivity index (χ2n) is 8.90. The standard InChI is InChI=1S/C26H26N8O5/c1-16(35)27-14-20-30-15-34(31-20)24-22-21(19(39-2)13-29-24)18(12-28-22)23(36)26(38)33-10-8-32(9-11-33)25(37)17-6-4-3-5-7-17/h3-7,12-13,15,28H,8-11,14H2,1-2H3,(H,27,35). The van der Waals surface area contributed by atoms with Gasteiger partial charge in [0.2, 0.25) is 5.91 Å². The highest BCUT2D eigenvalue weighted by Gasteiger charge is 2.31. The molecule has 0 spiro atoms. The molecule has 13 heteroatoms. The molecular formula is C26H26N8O5. The van der Waals surface area contributed by atoms with Crippen LogP contribution in [-0.4, -0.2) is 91.3 Å². The van der Waals surface area contributed by atoms with Crippen LogP contribution in [0.2, 0.25) is 0 Å². The highest BCUT2D eigenvalue weighted by molar-refractivity contribution is 6.45. The van der Waals surface area contributed by atoms with Gasteiger partial charge in [-0.3, -0.25) is 19.2 Å². The van der Waals surface area contributed by atoms with Crippen molar-refractivity contribution in [1.29, 1.82) is 0 Å². The predicted molar refractivity (Wildman–Crippen MR) is 138 cm³/mol. The number of aromatic nitrogens is 5. The summed E-state index contributed by atoms with van der Waals surface area (Å²) in [6, 6.07) is 8.95. The number of pyridine rings is 1. The minimum absolute atomic E-state index is 0.108. The Morgan fingerprint density at radius 2 is 1.74 bits per heavy atom. The van der Waals surface area contributed by atoms with Crippen molar-refractivity contribution in [2.45, 2.75) is 13.5 Å². The average Bonchev–Trinajstić information content (AvgIpc) is 3.63. The molecule has 1 fully saturated rings. The van der Waals surface area contributed by atoms with Gasteiger partial charge in [0.1, 0.15) is 12.1 Å². The monoisotopic (exact) mass is 530 g/mol. The Balaban J connectivity index is 1.35. The molecule has 0 atom stereocenters. The molecule has 200 valence electrons. The van der Waals surface area contributed by atoms with Crippen LogP contribution in [0.5, 0.6) is 5.75 Å². The van der Waals surface area contributed by atoms with Gasteiger partial charge >= 0.3 is 0 Å². The Morgan fingerprint density at radius 1 is 1.03 bits per heavy atom. The van der Waals surface area contributed by atoms with Crippen LogP contribution in [-0.2, 0) is 16.1 Å². The molecule has 2 N–H and O–H groups in total. The molecule has 0 saturated carbocycles. The third kappa shape index (κ3) is 5.06. The maximum absolute atomic E-state index is 13.4. The number of Topliss-reactive ketones (excluding diaryl/α,β-unsaturated/α-hetero) is 1. The van der Waals surface area contributed by atoms with E-state index >= 15 is 0 Å². The van der Waals surface area contributed by atoms with Crippen LogP contribution in [0.15, 0.2) is 49.1 Å². The van der Waals surface area contributed by atoms with Gasteiger partial charge in [-0.05, 0) is 12.1 Å². The van der Waals surface area contributed by atoms with Gasteiger partial charge in [-0.2, -0.15) is 0 Å². The smallest absolute Gasteiger partial charge is 0.295 e. The highest BCUT2D eigenvalue weighted by atomic mass is 16.5. The number of carbonyl (C=O) groups excluding carboxylic acids is 4. The molecule has 1 aliphatic rings. The molecular weight excluding hydrogens is 504 g/mol. The van der Waals surface area contributed by atoms with Gasteiger partial charge in [0.25, 0.3) is 17.6 Å². The van der Waals surface area contributed by atoms with E-state index in [0.29, 0.717) is 46.9 Å². The average molecular weight is 531 g/mol. The van der Waals surface area contributed by atoms with Crippen LogP contribution in [0, 0.1) is 0 Å². The van der Waals surface area contributed by atoms with Gasteiger partial charge in [0, 0.05) is 44.9 Å². The maximum atomic E-state index is 13.4. The molecule has 5 rings (SSSR count). The van der Waals surface area contributed by atoms with Gasteiger partial charge in [0.05, 0.1) is 36.3 Å². The van der Waals surface area contributed by atoms with Gasteiger partial charge in [-0.15, -0.1) is 5.10 Å². The Bertz CT molecular complexity index is 1550. The number of nitrogens with one attached hydrogen (secondary N) is 2. The number of ketones is 1. The highest BCUT2D eigenvalue weighted by Crippen LogP contribution is 2.32. The first-order chi connectivity index (χ1) is 18.9. The van der Waals surface area contributed by atoms with Crippen molar-refractivity contribution < 1.29 is 23.9 Å². The molecule has 0 bridgehead atoms. The van der Waals surface area contributed by atoms with E-state index in [-0.39, 0.29) is 37.0 Å². The van der Waals surface area contributed by atoms with Crippen molar-refractivity contribution in [3.8, 4) is 11.6 Å². The zero-order valence-electron chi connectivity index (χ0n) is 21.4. The summed E-state index contributed by atoms with van der Waals surface area (Å²) in [5, 5.41) is 7.35. The van der Waals surface area contributed by atoms with Crippen LogP contribution in [0.1, 0.15) is 33.5 Å². The fourth-order valence-corrected chi connectivity index (χ4v) is 4.43. The Labute approximate surface area is 222 Å². The number of hydrogen-bond donors (Lipinski definition) is 2. The third-order valence-electron chi connectivity index (χ3n) is 6.44. The summed E-state index contributed by atoms with van der Waals surface area (Å²) in [5.74, 6) is -0.666. The molecule has 0 radical (unpaired) electrons. The summed E-state index contributed by atoms with van der Waals surface area (Å²) < 4.78 is 6.86. The van der Waals surface area contributed by atoms with E-state index in [4.69, 9.17) is 4.74 Å².